The maximum atomic E-state index is 12.0. The second-order valence-electron chi connectivity index (χ2n) is 5.11. The van der Waals surface area contributed by atoms with E-state index < -0.39 is 10.0 Å². The van der Waals surface area contributed by atoms with Crippen LogP contribution in [0.5, 0.6) is 0 Å². The molecule has 0 aromatic carbocycles. The highest BCUT2D eigenvalue weighted by atomic mass is 32.2. The number of hydrogen-bond donors (Lipinski definition) is 3. The lowest BCUT2D eigenvalue weighted by Gasteiger charge is -2.14. The van der Waals surface area contributed by atoms with Gasteiger partial charge in [0.15, 0.2) is 0 Å². The molecule has 1 heterocycles. The highest BCUT2D eigenvalue weighted by Gasteiger charge is 2.53. The van der Waals surface area contributed by atoms with Crippen molar-refractivity contribution in [1.29, 1.82) is 0 Å². The molecule has 17 heavy (non-hydrogen) atoms. The average Bonchev–Trinajstić information content (AvgIpc) is 3.15. The van der Waals surface area contributed by atoms with E-state index in [9.17, 15) is 8.42 Å². The van der Waals surface area contributed by atoms with Crippen molar-refractivity contribution < 1.29 is 8.42 Å². The molecule has 4 N–H and O–H groups in total. The molecule has 0 atom stereocenters. The molecule has 6 nitrogen and oxygen atoms in total. The molecule has 2 aliphatic carbocycles. The van der Waals surface area contributed by atoms with E-state index in [1.165, 1.54) is 19.0 Å². The van der Waals surface area contributed by atoms with Crippen LogP contribution in [0, 0.1) is 11.3 Å². The predicted octanol–water partition coefficient (Wildman–Crippen LogP) is 0.460. The van der Waals surface area contributed by atoms with Gasteiger partial charge in [-0.05, 0) is 37.0 Å². The normalized spacial score (nSPS) is 22.6. The quantitative estimate of drug-likeness (QED) is 0.712. The minimum Gasteiger partial charge on any atom is -0.383 e. The zero-order valence-electron chi connectivity index (χ0n) is 9.44. The van der Waals surface area contributed by atoms with Crippen LogP contribution in [0.15, 0.2) is 11.1 Å². The molecule has 0 saturated heterocycles. The Hall–Kier alpha value is -1.08. The van der Waals surface area contributed by atoms with E-state index in [1.54, 1.807) is 0 Å². The molecule has 2 fully saturated rings. The van der Waals surface area contributed by atoms with Gasteiger partial charge in [-0.3, -0.25) is 5.10 Å². The van der Waals surface area contributed by atoms with E-state index in [2.05, 4.69) is 14.9 Å². The molecule has 2 aliphatic rings. The summed E-state index contributed by atoms with van der Waals surface area (Å²) in [7, 11) is -3.52. The maximum Gasteiger partial charge on any atom is 0.245 e. The zero-order chi connectivity index (χ0) is 12.1. The van der Waals surface area contributed by atoms with Gasteiger partial charge in [0.05, 0.1) is 6.20 Å². The van der Waals surface area contributed by atoms with Gasteiger partial charge in [0.2, 0.25) is 10.0 Å². The highest BCUT2D eigenvalue weighted by molar-refractivity contribution is 7.89. The zero-order valence-corrected chi connectivity index (χ0v) is 10.3. The number of nitrogens with zero attached hydrogens (tertiary/aromatic N) is 1. The summed E-state index contributed by atoms with van der Waals surface area (Å²) in [6.07, 6.45) is 6.02. The number of rotatable bonds is 5. The molecule has 2 saturated carbocycles. The number of aromatic nitrogens is 2. The van der Waals surface area contributed by atoms with Crippen molar-refractivity contribution in [3.05, 3.63) is 6.20 Å². The van der Waals surface area contributed by atoms with Crippen molar-refractivity contribution in [2.75, 3.05) is 12.3 Å². The van der Waals surface area contributed by atoms with Crippen LogP contribution in [-0.4, -0.2) is 25.2 Å². The lowest BCUT2D eigenvalue weighted by molar-refractivity contribution is 0.432. The number of nitrogen functional groups attached to an aromatic ring is 1. The van der Waals surface area contributed by atoms with E-state index in [1.807, 2.05) is 0 Å². The van der Waals surface area contributed by atoms with Crippen LogP contribution in [0.25, 0.3) is 0 Å². The highest BCUT2D eigenvalue weighted by Crippen LogP contribution is 2.60. The van der Waals surface area contributed by atoms with Crippen LogP contribution in [0.1, 0.15) is 25.7 Å². The first-order valence-corrected chi connectivity index (χ1v) is 7.30. The van der Waals surface area contributed by atoms with Crippen LogP contribution in [-0.2, 0) is 10.0 Å². The molecule has 0 spiro atoms. The third kappa shape index (κ3) is 1.93. The van der Waals surface area contributed by atoms with Crippen molar-refractivity contribution in [2.24, 2.45) is 11.3 Å². The van der Waals surface area contributed by atoms with Crippen LogP contribution in [0.4, 0.5) is 5.82 Å². The van der Waals surface area contributed by atoms with Gasteiger partial charge in [-0.25, -0.2) is 13.1 Å². The van der Waals surface area contributed by atoms with Crippen LogP contribution >= 0.6 is 0 Å². The molecule has 1 aromatic heterocycles. The summed E-state index contributed by atoms with van der Waals surface area (Å²) in [5.74, 6) is 0.820. The molecule has 0 radical (unpaired) electrons. The SMILES string of the molecule is Nc1[nH]ncc1S(=O)(=O)NCC1(C2CC2)CC1. The minimum atomic E-state index is -3.52. The molecule has 3 rings (SSSR count). The Morgan fingerprint density at radius 2 is 2.24 bits per heavy atom. The van der Waals surface area contributed by atoms with Crippen molar-refractivity contribution in [3.8, 4) is 0 Å². The first-order chi connectivity index (χ1) is 8.04. The Labute approximate surface area is 100 Å². The molecular weight excluding hydrogens is 240 g/mol. The molecule has 0 unspecified atom stereocenters. The summed E-state index contributed by atoms with van der Waals surface area (Å²) in [6.45, 7) is 0.532. The second kappa shape index (κ2) is 3.46. The van der Waals surface area contributed by atoms with Crippen molar-refractivity contribution in [1.82, 2.24) is 14.9 Å². The van der Waals surface area contributed by atoms with E-state index in [0.29, 0.717) is 6.54 Å². The first-order valence-electron chi connectivity index (χ1n) is 5.82. The van der Waals surface area contributed by atoms with E-state index in [4.69, 9.17) is 5.73 Å². The fourth-order valence-electron chi connectivity index (χ4n) is 2.40. The fraction of sp³-hybridized carbons (Fsp3) is 0.700. The Morgan fingerprint density at radius 3 is 2.71 bits per heavy atom. The number of aromatic amines is 1. The monoisotopic (exact) mass is 256 g/mol. The fourth-order valence-corrected chi connectivity index (χ4v) is 3.56. The van der Waals surface area contributed by atoms with Gasteiger partial charge in [-0.2, -0.15) is 5.10 Å². The molecule has 0 amide bonds. The molecule has 1 aromatic rings. The largest absolute Gasteiger partial charge is 0.383 e. The van der Waals surface area contributed by atoms with Crippen molar-refractivity contribution in [3.63, 3.8) is 0 Å². The van der Waals surface area contributed by atoms with E-state index >= 15 is 0 Å². The lowest BCUT2D eigenvalue weighted by atomic mass is 10.0. The number of sulfonamides is 1. The maximum absolute atomic E-state index is 12.0. The first kappa shape index (κ1) is 11.0. The van der Waals surface area contributed by atoms with Gasteiger partial charge in [0, 0.05) is 6.54 Å². The van der Waals surface area contributed by atoms with E-state index in [0.717, 1.165) is 18.8 Å². The number of nitrogens with one attached hydrogen (secondary N) is 2. The van der Waals surface area contributed by atoms with E-state index in [-0.39, 0.29) is 16.1 Å². The molecule has 0 bridgehead atoms. The van der Waals surface area contributed by atoms with Gasteiger partial charge in [-0.1, -0.05) is 0 Å². The molecule has 7 heteroatoms. The molecule has 94 valence electrons. The number of hydrogen-bond acceptors (Lipinski definition) is 4. The second-order valence-corrected chi connectivity index (χ2v) is 6.84. The topological polar surface area (TPSA) is 101 Å². The third-order valence-corrected chi connectivity index (χ3v) is 5.30. The van der Waals surface area contributed by atoms with Gasteiger partial charge >= 0.3 is 0 Å². The average molecular weight is 256 g/mol. The summed E-state index contributed by atoms with van der Waals surface area (Å²) in [6, 6.07) is 0. The number of H-pyrrole nitrogens is 1. The van der Waals surface area contributed by atoms with Crippen LogP contribution < -0.4 is 10.5 Å². The van der Waals surface area contributed by atoms with Crippen LogP contribution in [0.3, 0.4) is 0 Å². The van der Waals surface area contributed by atoms with Crippen molar-refractivity contribution >= 4 is 15.8 Å². The van der Waals surface area contributed by atoms with Crippen molar-refractivity contribution in [2.45, 2.75) is 30.6 Å². The molecule has 0 aliphatic heterocycles. The summed E-state index contributed by atoms with van der Waals surface area (Å²) in [5, 5.41) is 6.06. The minimum absolute atomic E-state index is 0.0455. The lowest BCUT2D eigenvalue weighted by Crippen LogP contribution is -2.31. The van der Waals surface area contributed by atoms with Gasteiger partial charge in [-0.15, -0.1) is 0 Å². The summed E-state index contributed by atoms with van der Waals surface area (Å²) >= 11 is 0. The smallest absolute Gasteiger partial charge is 0.245 e. The Balaban J connectivity index is 1.71. The summed E-state index contributed by atoms with van der Waals surface area (Å²) < 4.78 is 26.6. The standard InChI is InChI=1S/C10H16N4O2S/c11-9-8(5-12-14-9)17(15,16)13-6-10(3-4-10)7-1-2-7/h5,7,13H,1-4,6H2,(H3,11,12,14). The predicted molar refractivity (Wildman–Crippen MR) is 62.6 cm³/mol. The van der Waals surface area contributed by atoms with Gasteiger partial charge < -0.3 is 5.73 Å². The van der Waals surface area contributed by atoms with Gasteiger partial charge in [0.1, 0.15) is 10.7 Å². The van der Waals surface area contributed by atoms with Crippen LogP contribution in [0.2, 0.25) is 0 Å². The summed E-state index contributed by atoms with van der Waals surface area (Å²) in [5.41, 5.74) is 5.76. The van der Waals surface area contributed by atoms with Gasteiger partial charge in [0.25, 0.3) is 0 Å². The summed E-state index contributed by atoms with van der Waals surface area (Å²) in [4.78, 5) is 0.0455. The Kier molecular flexibility index (Phi) is 2.24. The Morgan fingerprint density at radius 1 is 1.53 bits per heavy atom. The number of anilines is 1. The Bertz CT molecular complexity index is 528. The third-order valence-electron chi connectivity index (χ3n) is 3.87. The molecular formula is C10H16N4O2S. The number of nitrogens with two attached hydrogens (primary N) is 1.